The molecule has 0 bridgehead atoms. The van der Waals surface area contributed by atoms with Crippen molar-refractivity contribution in [1.82, 2.24) is 0 Å². The van der Waals surface area contributed by atoms with Gasteiger partial charge < -0.3 is 5.73 Å². The van der Waals surface area contributed by atoms with Crippen LogP contribution in [0.5, 0.6) is 0 Å². The Morgan fingerprint density at radius 2 is 1.74 bits per heavy atom. The highest BCUT2D eigenvalue weighted by Crippen LogP contribution is 2.33. The minimum absolute atomic E-state index is 0.381. The van der Waals surface area contributed by atoms with E-state index >= 15 is 0 Å². The zero-order chi connectivity index (χ0) is 14.2. The predicted octanol–water partition coefficient (Wildman–Crippen LogP) is 4.43. The normalized spacial score (nSPS) is 13.6. The van der Waals surface area contributed by atoms with Crippen molar-refractivity contribution in [1.29, 1.82) is 0 Å². The molecule has 0 saturated carbocycles. The van der Waals surface area contributed by atoms with Gasteiger partial charge >= 0.3 is 6.18 Å². The standard InChI is InChI=1S/C14H14F3NS/c1-8-5-10(14(15,16)17)3-4-11(8)13(18)12-7-19-6-9(12)2/h3-7,13H,18H2,1-2H3. The Bertz CT molecular complexity index is 587. The van der Waals surface area contributed by atoms with Gasteiger partial charge in [0.2, 0.25) is 0 Å². The van der Waals surface area contributed by atoms with Crippen molar-refractivity contribution in [2.75, 3.05) is 0 Å². The van der Waals surface area contributed by atoms with Crippen molar-refractivity contribution < 1.29 is 13.2 Å². The first-order valence-electron chi connectivity index (χ1n) is 5.76. The van der Waals surface area contributed by atoms with Gasteiger partial charge in [-0.2, -0.15) is 24.5 Å². The number of rotatable bonds is 2. The van der Waals surface area contributed by atoms with Crippen molar-refractivity contribution in [2.24, 2.45) is 5.73 Å². The van der Waals surface area contributed by atoms with E-state index in [1.54, 1.807) is 18.3 Å². The van der Waals surface area contributed by atoms with Gasteiger partial charge in [-0.15, -0.1) is 0 Å². The summed E-state index contributed by atoms with van der Waals surface area (Å²) in [6.45, 7) is 3.61. The first kappa shape index (κ1) is 14.1. The van der Waals surface area contributed by atoms with Gasteiger partial charge in [-0.05, 0) is 59.0 Å². The van der Waals surface area contributed by atoms with Gasteiger partial charge in [0, 0.05) is 0 Å². The molecule has 0 aliphatic carbocycles. The molecule has 0 aliphatic heterocycles. The molecule has 1 aromatic carbocycles. The molecule has 0 amide bonds. The third-order valence-electron chi connectivity index (χ3n) is 3.16. The van der Waals surface area contributed by atoms with Crippen molar-refractivity contribution in [2.45, 2.75) is 26.1 Å². The number of hydrogen-bond acceptors (Lipinski definition) is 2. The average Bonchev–Trinajstić information content (AvgIpc) is 2.73. The minimum Gasteiger partial charge on any atom is -0.320 e. The van der Waals surface area contributed by atoms with Crippen molar-refractivity contribution in [3.05, 3.63) is 56.8 Å². The minimum atomic E-state index is -4.31. The Morgan fingerprint density at radius 1 is 1.05 bits per heavy atom. The Balaban J connectivity index is 2.39. The molecular formula is C14H14F3NS. The number of aryl methyl sites for hydroxylation is 2. The molecule has 0 radical (unpaired) electrons. The number of hydrogen-bond donors (Lipinski definition) is 1. The van der Waals surface area contributed by atoms with Gasteiger partial charge in [-0.3, -0.25) is 0 Å². The molecule has 1 nitrogen and oxygen atoms in total. The third-order valence-corrected chi connectivity index (χ3v) is 4.04. The number of nitrogens with two attached hydrogens (primary N) is 1. The maximum atomic E-state index is 12.6. The summed E-state index contributed by atoms with van der Waals surface area (Å²) in [5.74, 6) is 0. The van der Waals surface area contributed by atoms with Crippen LogP contribution < -0.4 is 5.73 Å². The van der Waals surface area contributed by atoms with Gasteiger partial charge in [0.1, 0.15) is 0 Å². The topological polar surface area (TPSA) is 26.0 Å². The van der Waals surface area contributed by atoms with E-state index in [1.165, 1.54) is 6.07 Å². The summed E-state index contributed by atoms with van der Waals surface area (Å²) in [7, 11) is 0. The highest BCUT2D eigenvalue weighted by atomic mass is 32.1. The number of benzene rings is 1. The van der Waals surface area contributed by atoms with Crippen LogP contribution in [0.4, 0.5) is 13.2 Å². The van der Waals surface area contributed by atoms with Crippen LogP contribution in [0.3, 0.4) is 0 Å². The molecule has 0 spiro atoms. The van der Waals surface area contributed by atoms with E-state index in [-0.39, 0.29) is 6.04 Å². The smallest absolute Gasteiger partial charge is 0.320 e. The molecule has 1 heterocycles. The van der Waals surface area contributed by atoms with Gasteiger partial charge in [-0.1, -0.05) is 6.07 Å². The summed E-state index contributed by atoms with van der Waals surface area (Å²) < 4.78 is 37.8. The highest BCUT2D eigenvalue weighted by molar-refractivity contribution is 7.08. The van der Waals surface area contributed by atoms with E-state index in [1.807, 2.05) is 17.7 Å². The number of thiophene rings is 1. The van der Waals surface area contributed by atoms with E-state index in [0.29, 0.717) is 5.56 Å². The van der Waals surface area contributed by atoms with Gasteiger partial charge in [0.25, 0.3) is 0 Å². The molecule has 19 heavy (non-hydrogen) atoms. The lowest BCUT2D eigenvalue weighted by atomic mass is 9.94. The van der Waals surface area contributed by atoms with Crippen LogP contribution in [0, 0.1) is 13.8 Å². The van der Waals surface area contributed by atoms with Crippen LogP contribution in [0.15, 0.2) is 29.0 Å². The first-order valence-corrected chi connectivity index (χ1v) is 6.71. The lowest BCUT2D eigenvalue weighted by molar-refractivity contribution is -0.137. The van der Waals surface area contributed by atoms with Crippen LogP contribution >= 0.6 is 11.3 Å². The molecule has 102 valence electrons. The average molecular weight is 285 g/mol. The van der Waals surface area contributed by atoms with Crippen LogP contribution in [0.1, 0.15) is 33.9 Å². The summed E-state index contributed by atoms with van der Waals surface area (Å²) in [5.41, 5.74) is 8.84. The predicted molar refractivity (Wildman–Crippen MR) is 71.3 cm³/mol. The van der Waals surface area contributed by atoms with Crippen LogP contribution in [-0.4, -0.2) is 0 Å². The molecule has 5 heteroatoms. The summed E-state index contributed by atoms with van der Waals surface area (Å²) in [6, 6.07) is 3.33. The second-order valence-electron chi connectivity index (χ2n) is 4.56. The fourth-order valence-corrected chi connectivity index (χ4v) is 2.94. The Hall–Kier alpha value is -1.33. The summed E-state index contributed by atoms with van der Waals surface area (Å²) in [6.07, 6.45) is -4.31. The molecule has 0 aliphatic rings. The molecule has 2 N–H and O–H groups in total. The maximum Gasteiger partial charge on any atom is 0.416 e. The van der Waals surface area contributed by atoms with Gasteiger partial charge in [0.15, 0.2) is 0 Å². The molecule has 2 aromatic rings. The lowest BCUT2D eigenvalue weighted by Gasteiger charge is -2.17. The molecule has 1 unspecified atom stereocenters. The molecule has 0 fully saturated rings. The van der Waals surface area contributed by atoms with Crippen molar-refractivity contribution in [3.63, 3.8) is 0 Å². The molecule has 2 rings (SSSR count). The van der Waals surface area contributed by atoms with Gasteiger partial charge in [-0.25, -0.2) is 0 Å². The Kier molecular flexibility index (Phi) is 3.69. The van der Waals surface area contributed by atoms with Crippen LogP contribution in [0.2, 0.25) is 0 Å². The highest BCUT2D eigenvalue weighted by Gasteiger charge is 2.31. The quantitative estimate of drug-likeness (QED) is 0.867. The van der Waals surface area contributed by atoms with E-state index in [4.69, 9.17) is 5.73 Å². The maximum absolute atomic E-state index is 12.6. The zero-order valence-electron chi connectivity index (χ0n) is 10.6. The lowest BCUT2D eigenvalue weighted by Crippen LogP contribution is -2.14. The summed E-state index contributed by atoms with van der Waals surface area (Å²) in [5, 5.41) is 3.92. The van der Waals surface area contributed by atoms with Gasteiger partial charge in [0.05, 0.1) is 11.6 Å². The number of halogens is 3. The molecule has 1 atom stereocenters. The number of alkyl halides is 3. The first-order chi connectivity index (χ1) is 8.80. The van der Waals surface area contributed by atoms with Crippen molar-refractivity contribution in [3.8, 4) is 0 Å². The van der Waals surface area contributed by atoms with Crippen LogP contribution in [0.25, 0.3) is 0 Å². The van der Waals surface area contributed by atoms with E-state index in [0.717, 1.165) is 28.8 Å². The molecule has 1 aromatic heterocycles. The Morgan fingerprint density at radius 3 is 2.21 bits per heavy atom. The second-order valence-corrected chi connectivity index (χ2v) is 5.30. The third kappa shape index (κ3) is 2.82. The largest absolute Gasteiger partial charge is 0.416 e. The molecule has 0 saturated heterocycles. The fourth-order valence-electron chi connectivity index (χ4n) is 2.06. The monoisotopic (exact) mass is 285 g/mol. The summed E-state index contributed by atoms with van der Waals surface area (Å²) in [4.78, 5) is 0. The SMILES string of the molecule is Cc1cc(C(F)(F)F)ccc1C(N)c1cscc1C. The fraction of sp³-hybridized carbons (Fsp3) is 0.286. The van der Waals surface area contributed by atoms with Crippen molar-refractivity contribution >= 4 is 11.3 Å². The Labute approximate surface area is 113 Å². The zero-order valence-corrected chi connectivity index (χ0v) is 11.4. The van der Waals surface area contributed by atoms with Crippen LogP contribution in [-0.2, 0) is 6.18 Å². The summed E-state index contributed by atoms with van der Waals surface area (Å²) >= 11 is 1.54. The second kappa shape index (κ2) is 4.98. The van der Waals surface area contributed by atoms with E-state index < -0.39 is 11.7 Å². The van der Waals surface area contributed by atoms with E-state index in [9.17, 15) is 13.2 Å². The molecular weight excluding hydrogens is 271 g/mol. The van der Waals surface area contributed by atoms with E-state index in [2.05, 4.69) is 0 Å².